The van der Waals surface area contributed by atoms with Crippen LogP contribution in [0.3, 0.4) is 0 Å². The number of rotatable bonds is 1. The van der Waals surface area contributed by atoms with Gasteiger partial charge in [0.15, 0.2) is 0 Å². The number of nitrogens with zero attached hydrogens (tertiary/aromatic N) is 2. The molecule has 0 aliphatic heterocycles. The van der Waals surface area contributed by atoms with Crippen molar-refractivity contribution in [2.24, 2.45) is 0 Å². The van der Waals surface area contributed by atoms with E-state index in [1.54, 1.807) is 17.0 Å². The van der Waals surface area contributed by atoms with Crippen LogP contribution in [-0.4, -0.2) is 14.5 Å². The Morgan fingerprint density at radius 3 is 2.45 bits per heavy atom. The van der Waals surface area contributed by atoms with E-state index in [0.717, 1.165) is 16.7 Å². The molecule has 4 heteroatoms. The Morgan fingerprint density at radius 1 is 1.10 bits per heavy atom. The molecule has 0 radical (unpaired) electrons. The van der Waals surface area contributed by atoms with Crippen molar-refractivity contribution in [2.45, 2.75) is 26.2 Å². The SMILES string of the molecule is CC(C)(C)c1ccc(-n2c(=O)[nH]c3cnccc32)cc1. The fourth-order valence-electron chi connectivity index (χ4n) is 2.33. The molecule has 2 aromatic heterocycles. The maximum Gasteiger partial charge on any atom is 0.331 e. The number of aromatic nitrogens is 3. The third kappa shape index (κ3) is 2.03. The van der Waals surface area contributed by atoms with Crippen LogP contribution in [0.15, 0.2) is 47.5 Å². The zero-order chi connectivity index (χ0) is 14.3. The van der Waals surface area contributed by atoms with Gasteiger partial charge in [0, 0.05) is 6.20 Å². The molecular formula is C16H17N3O. The highest BCUT2D eigenvalue weighted by Crippen LogP contribution is 2.23. The predicted octanol–water partition coefficient (Wildman–Crippen LogP) is 3.01. The molecule has 0 bridgehead atoms. The zero-order valence-electron chi connectivity index (χ0n) is 11.8. The highest BCUT2D eigenvalue weighted by atomic mass is 16.1. The van der Waals surface area contributed by atoms with Crippen LogP contribution in [0, 0.1) is 0 Å². The molecule has 0 unspecified atom stereocenters. The Labute approximate surface area is 117 Å². The van der Waals surface area contributed by atoms with Crippen molar-refractivity contribution in [1.29, 1.82) is 0 Å². The van der Waals surface area contributed by atoms with Crippen LogP contribution in [0.25, 0.3) is 16.7 Å². The van der Waals surface area contributed by atoms with Crippen LogP contribution in [0.1, 0.15) is 26.3 Å². The van der Waals surface area contributed by atoms with Crippen molar-refractivity contribution >= 4 is 11.0 Å². The third-order valence-electron chi connectivity index (χ3n) is 3.48. The van der Waals surface area contributed by atoms with E-state index in [0.29, 0.717) is 0 Å². The highest BCUT2D eigenvalue weighted by Gasteiger charge is 2.14. The lowest BCUT2D eigenvalue weighted by molar-refractivity contribution is 0.590. The van der Waals surface area contributed by atoms with Crippen molar-refractivity contribution in [3.63, 3.8) is 0 Å². The number of hydrogen-bond acceptors (Lipinski definition) is 2. The molecule has 0 aliphatic rings. The zero-order valence-corrected chi connectivity index (χ0v) is 11.8. The molecule has 0 aliphatic carbocycles. The van der Waals surface area contributed by atoms with E-state index in [-0.39, 0.29) is 11.1 Å². The van der Waals surface area contributed by atoms with Crippen molar-refractivity contribution in [1.82, 2.24) is 14.5 Å². The number of nitrogens with one attached hydrogen (secondary N) is 1. The number of pyridine rings is 1. The fourth-order valence-corrected chi connectivity index (χ4v) is 2.33. The summed E-state index contributed by atoms with van der Waals surface area (Å²) >= 11 is 0. The van der Waals surface area contributed by atoms with Crippen molar-refractivity contribution in [3.8, 4) is 5.69 Å². The van der Waals surface area contributed by atoms with E-state index in [4.69, 9.17) is 0 Å². The largest absolute Gasteiger partial charge is 0.331 e. The summed E-state index contributed by atoms with van der Waals surface area (Å²) in [4.78, 5) is 18.9. The topological polar surface area (TPSA) is 50.7 Å². The summed E-state index contributed by atoms with van der Waals surface area (Å²) < 4.78 is 1.67. The van der Waals surface area contributed by atoms with Crippen molar-refractivity contribution in [3.05, 3.63) is 58.8 Å². The minimum absolute atomic E-state index is 0.105. The maximum atomic E-state index is 12.1. The van der Waals surface area contributed by atoms with Gasteiger partial charge in [-0.3, -0.25) is 9.55 Å². The molecule has 2 heterocycles. The average molecular weight is 267 g/mol. The summed E-state index contributed by atoms with van der Waals surface area (Å²) in [6.45, 7) is 6.52. The lowest BCUT2D eigenvalue weighted by Crippen LogP contribution is -2.15. The predicted molar refractivity (Wildman–Crippen MR) is 80.4 cm³/mol. The summed E-state index contributed by atoms with van der Waals surface area (Å²) in [6, 6.07) is 9.94. The quantitative estimate of drug-likeness (QED) is 0.736. The molecule has 1 aromatic carbocycles. The second kappa shape index (κ2) is 4.34. The molecule has 0 atom stereocenters. The summed E-state index contributed by atoms with van der Waals surface area (Å²) in [5.41, 5.74) is 3.66. The van der Waals surface area contributed by atoms with E-state index >= 15 is 0 Å². The molecule has 0 saturated heterocycles. The highest BCUT2D eigenvalue weighted by molar-refractivity contribution is 5.76. The number of aromatic amines is 1. The van der Waals surface area contributed by atoms with Gasteiger partial charge >= 0.3 is 5.69 Å². The Kier molecular flexibility index (Phi) is 2.74. The summed E-state index contributed by atoms with van der Waals surface area (Å²) in [5.74, 6) is 0. The van der Waals surface area contributed by atoms with Crippen LogP contribution >= 0.6 is 0 Å². The van der Waals surface area contributed by atoms with Gasteiger partial charge in [-0.25, -0.2) is 4.79 Å². The van der Waals surface area contributed by atoms with E-state index in [1.165, 1.54) is 5.56 Å². The Hall–Kier alpha value is -2.36. The van der Waals surface area contributed by atoms with Gasteiger partial charge in [-0.05, 0) is 29.2 Å². The number of H-pyrrole nitrogens is 1. The minimum Gasteiger partial charge on any atom is -0.304 e. The molecule has 3 aromatic rings. The first kappa shape index (κ1) is 12.7. The molecule has 0 amide bonds. The van der Waals surface area contributed by atoms with Crippen LogP contribution < -0.4 is 5.69 Å². The fraction of sp³-hybridized carbons (Fsp3) is 0.250. The molecule has 102 valence electrons. The number of benzene rings is 1. The van der Waals surface area contributed by atoms with E-state index < -0.39 is 0 Å². The molecule has 20 heavy (non-hydrogen) atoms. The summed E-state index contributed by atoms with van der Waals surface area (Å²) in [6.07, 6.45) is 3.35. The number of hydrogen-bond donors (Lipinski definition) is 1. The lowest BCUT2D eigenvalue weighted by Gasteiger charge is -2.19. The lowest BCUT2D eigenvalue weighted by atomic mass is 9.87. The molecule has 1 N–H and O–H groups in total. The van der Waals surface area contributed by atoms with Gasteiger partial charge in [0.05, 0.1) is 22.9 Å². The first-order chi connectivity index (χ1) is 9.47. The Morgan fingerprint density at radius 2 is 1.80 bits per heavy atom. The average Bonchev–Trinajstić information content (AvgIpc) is 2.73. The maximum absolute atomic E-state index is 12.1. The van der Waals surface area contributed by atoms with Gasteiger partial charge in [-0.1, -0.05) is 32.9 Å². The first-order valence-corrected chi connectivity index (χ1v) is 6.62. The van der Waals surface area contributed by atoms with Gasteiger partial charge in [0.25, 0.3) is 0 Å². The normalized spacial score (nSPS) is 11.9. The van der Waals surface area contributed by atoms with Crippen LogP contribution in [0.5, 0.6) is 0 Å². The molecule has 0 spiro atoms. The number of imidazole rings is 1. The molecule has 3 rings (SSSR count). The summed E-state index contributed by atoms with van der Waals surface area (Å²) in [5, 5.41) is 0. The third-order valence-corrected chi connectivity index (χ3v) is 3.48. The monoisotopic (exact) mass is 267 g/mol. The Bertz CT molecular complexity index is 804. The van der Waals surface area contributed by atoms with E-state index in [2.05, 4.69) is 42.9 Å². The standard InChI is InChI=1S/C16H17N3O/c1-16(2,3)11-4-6-12(7-5-11)19-14-8-9-17-10-13(14)18-15(19)20/h4-10H,1-3H3,(H,18,20). The van der Waals surface area contributed by atoms with Crippen LogP contribution in [0.4, 0.5) is 0 Å². The minimum atomic E-state index is -0.142. The van der Waals surface area contributed by atoms with Crippen molar-refractivity contribution < 1.29 is 0 Å². The number of fused-ring (bicyclic) bond motifs is 1. The molecule has 0 saturated carbocycles. The van der Waals surface area contributed by atoms with Gasteiger partial charge < -0.3 is 4.98 Å². The summed E-state index contributed by atoms with van der Waals surface area (Å²) in [7, 11) is 0. The van der Waals surface area contributed by atoms with E-state index in [9.17, 15) is 4.79 Å². The molecule has 4 nitrogen and oxygen atoms in total. The van der Waals surface area contributed by atoms with Gasteiger partial charge in [-0.15, -0.1) is 0 Å². The molecule has 0 fully saturated rings. The van der Waals surface area contributed by atoms with Gasteiger partial charge in [0.2, 0.25) is 0 Å². The molecular weight excluding hydrogens is 250 g/mol. The van der Waals surface area contributed by atoms with Crippen LogP contribution in [-0.2, 0) is 5.41 Å². The van der Waals surface area contributed by atoms with Gasteiger partial charge in [-0.2, -0.15) is 0 Å². The second-order valence-corrected chi connectivity index (χ2v) is 5.96. The van der Waals surface area contributed by atoms with Crippen molar-refractivity contribution in [2.75, 3.05) is 0 Å². The Balaban J connectivity index is 2.17. The second-order valence-electron chi connectivity index (χ2n) is 5.96. The van der Waals surface area contributed by atoms with Gasteiger partial charge in [0.1, 0.15) is 0 Å². The van der Waals surface area contributed by atoms with E-state index in [1.807, 2.05) is 18.2 Å². The van der Waals surface area contributed by atoms with Crippen LogP contribution in [0.2, 0.25) is 0 Å². The first-order valence-electron chi connectivity index (χ1n) is 6.62. The smallest absolute Gasteiger partial charge is 0.304 e.